The average molecular weight is 365 g/mol. The van der Waals surface area contributed by atoms with Crippen molar-refractivity contribution in [3.63, 3.8) is 0 Å². The molecule has 0 saturated heterocycles. The summed E-state index contributed by atoms with van der Waals surface area (Å²) in [6.07, 6.45) is 1.85. The molecule has 0 saturated carbocycles. The zero-order chi connectivity index (χ0) is 18.4. The fraction of sp³-hybridized carbons (Fsp3) is 0.263. The van der Waals surface area contributed by atoms with Crippen LogP contribution in [0.3, 0.4) is 0 Å². The maximum absolute atomic E-state index is 13.0. The summed E-state index contributed by atoms with van der Waals surface area (Å²) >= 11 is 1.47. The number of hydrogen-bond acceptors (Lipinski definition) is 5. The number of imidazole rings is 1. The van der Waals surface area contributed by atoms with Crippen LogP contribution < -0.4 is 5.32 Å². The summed E-state index contributed by atoms with van der Waals surface area (Å²) in [6, 6.07) is 5.73. The number of fused-ring (bicyclic) bond motifs is 2. The molecule has 3 heterocycles. The van der Waals surface area contributed by atoms with Crippen LogP contribution >= 0.6 is 11.3 Å². The minimum atomic E-state index is -0.217. The molecule has 0 aliphatic heterocycles. The number of nitrogens with zero attached hydrogens (tertiary/aromatic N) is 4. The Kier molecular flexibility index (Phi) is 3.96. The van der Waals surface area contributed by atoms with Crippen molar-refractivity contribution in [2.24, 2.45) is 0 Å². The van der Waals surface area contributed by atoms with E-state index in [1.54, 1.807) is 10.0 Å². The molecule has 0 aliphatic carbocycles. The Morgan fingerprint density at radius 1 is 1.19 bits per heavy atom. The van der Waals surface area contributed by atoms with Gasteiger partial charge in [0, 0.05) is 11.1 Å². The molecule has 26 heavy (non-hydrogen) atoms. The molecule has 7 heteroatoms. The van der Waals surface area contributed by atoms with E-state index < -0.39 is 0 Å². The highest BCUT2D eigenvalue weighted by molar-refractivity contribution is 7.14. The topological polar surface area (TPSA) is 72.2 Å². The first kappa shape index (κ1) is 16.7. The highest BCUT2D eigenvalue weighted by Crippen LogP contribution is 2.24. The van der Waals surface area contributed by atoms with Crippen LogP contribution in [0, 0.1) is 20.8 Å². The molecular formula is C19H19N5OS. The highest BCUT2D eigenvalue weighted by Gasteiger charge is 2.18. The van der Waals surface area contributed by atoms with E-state index in [0.717, 1.165) is 38.4 Å². The normalized spacial score (nSPS) is 12.6. The number of aromatic nitrogens is 4. The van der Waals surface area contributed by atoms with E-state index in [-0.39, 0.29) is 11.9 Å². The Hall–Kier alpha value is -2.80. The van der Waals surface area contributed by atoms with Crippen LogP contribution in [-0.2, 0) is 0 Å². The molecule has 1 atom stereocenters. The lowest BCUT2D eigenvalue weighted by Gasteiger charge is -2.14. The molecule has 1 aromatic carbocycles. The Bertz CT molecular complexity index is 1120. The fourth-order valence-electron chi connectivity index (χ4n) is 3.21. The van der Waals surface area contributed by atoms with Gasteiger partial charge in [-0.3, -0.25) is 9.78 Å². The zero-order valence-corrected chi connectivity index (χ0v) is 15.9. The first-order valence-electron chi connectivity index (χ1n) is 8.40. The minimum absolute atomic E-state index is 0.123. The van der Waals surface area contributed by atoms with E-state index in [1.807, 2.05) is 46.0 Å². The van der Waals surface area contributed by atoms with Crippen LogP contribution in [0.25, 0.3) is 15.9 Å². The van der Waals surface area contributed by atoms with E-state index in [1.165, 1.54) is 11.3 Å². The summed E-state index contributed by atoms with van der Waals surface area (Å²) in [7, 11) is 0. The molecule has 4 rings (SSSR count). The fourth-order valence-corrected chi connectivity index (χ4v) is 3.82. The molecule has 0 radical (unpaired) electrons. The monoisotopic (exact) mass is 365 g/mol. The van der Waals surface area contributed by atoms with Crippen molar-refractivity contribution in [1.82, 2.24) is 24.9 Å². The third-order valence-electron chi connectivity index (χ3n) is 4.42. The molecule has 6 nitrogen and oxygen atoms in total. The molecule has 3 aromatic heterocycles. The Morgan fingerprint density at radius 2 is 2.00 bits per heavy atom. The Balaban J connectivity index is 1.70. The van der Waals surface area contributed by atoms with Crippen LogP contribution in [0.15, 0.2) is 29.9 Å². The molecule has 1 amide bonds. The molecule has 0 fully saturated rings. The van der Waals surface area contributed by atoms with Gasteiger partial charge in [-0.2, -0.15) is 5.10 Å². The van der Waals surface area contributed by atoms with E-state index in [4.69, 9.17) is 0 Å². The van der Waals surface area contributed by atoms with Gasteiger partial charge < -0.3 is 5.32 Å². The number of aryl methyl sites for hydroxylation is 3. The Labute approximate surface area is 154 Å². The quantitative estimate of drug-likeness (QED) is 0.600. The minimum Gasteiger partial charge on any atom is -0.344 e. The number of benzene rings is 1. The van der Waals surface area contributed by atoms with Gasteiger partial charge >= 0.3 is 0 Å². The van der Waals surface area contributed by atoms with Gasteiger partial charge in [-0.05, 0) is 45.4 Å². The van der Waals surface area contributed by atoms with Gasteiger partial charge in [0.15, 0.2) is 0 Å². The lowest BCUT2D eigenvalue weighted by Crippen LogP contribution is -2.27. The second kappa shape index (κ2) is 6.17. The second-order valence-corrected chi connectivity index (χ2v) is 7.43. The van der Waals surface area contributed by atoms with Crippen molar-refractivity contribution < 1.29 is 4.79 Å². The molecule has 0 bridgehead atoms. The van der Waals surface area contributed by atoms with Crippen molar-refractivity contribution >= 4 is 33.1 Å². The van der Waals surface area contributed by atoms with Crippen molar-refractivity contribution in [2.75, 3.05) is 0 Å². The third-order valence-corrected chi connectivity index (χ3v) is 5.11. The summed E-state index contributed by atoms with van der Waals surface area (Å²) in [4.78, 5) is 22.9. The predicted molar refractivity (Wildman–Crippen MR) is 103 cm³/mol. The van der Waals surface area contributed by atoms with Gasteiger partial charge in [-0.15, -0.1) is 0 Å². The zero-order valence-electron chi connectivity index (χ0n) is 15.1. The number of nitrogens with one attached hydrogen (secondary N) is 1. The van der Waals surface area contributed by atoms with Crippen LogP contribution in [0.2, 0.25) is 0 Å². The van der Waals surface area contributed by atoms with Gasteiger partial charge in [-0.1, -0.05) is 23.0 Å². The summed E-state index contributed by atoms with van der Waals surface area (Å²) in [5.74, 6) is -0.123. The molecule has 0 aliphatic rings. The van der Waals surface area contributed by atoms with Gasteiger partial charge in [0.05, 0.1) is 29.0 Å². The lowest BCUT2D eigenvalue weighted by molar-refractivity contribution is 0.0940. The molecule has 0 spiro atoms. The number of amides is 1. The van der Waals surface area contributed by atoms with Gasteiger partial charge in [0.1, 0.15) is 5.51 Å². The number of pyridine rings is 1. The maximum atomic E-state index is 13.0. The van der Waals surface area contributed by atoms with Crippen LogP contribution in [0.5, 0.6) is 0 Å². The molecule has 0 unspecified atom stereocenters. The van der Waals surface area contributed by atoms with Gasteiger partial charge in [-0.25, -0.2) is 9.50 Å². The summed E-state index contributed by atoms with van der Waals surface area (Å²) in [5, 5.41) is 8.12. The number of rotatable bonds is 3. The summed E-state index contributed by atoms with van der Waals surface area (Å²) in [6.45, 7) is 7.89. The van der Waals surface area contributed by atoms with Gasteiger partial charge in [0.25, 0.3) is 5.91 Å². The predicted octanol–water partition coefficient (Wildman–Crippen LogP) is 3.76. The maximum Gasteiger partial charge on any atom is 0.252 e. The largest absolute Gasteiger partial charge is 0.344 e. The number of carbonyl (C=O) groups excluding carboxylic acids is 1. The smallest absolute Gasteiger partial charge is 0.252 e. The number of carbonyl (C=O) groups is 1. The summed E-state index contributed by atoms with van der Waals surface area (Å²) in [5.41, 5.74) is 7.07. The van der Waals surface area contributed by atoms with Crippen LogP contribution in [-0.4, -0.2) is 25.5 Å². The van der Waals surface area contributed by atoms with Crippen molar-refractivity contribution in [2.45, 2.75) is 33.7 Å². The Morgan fingerprint density at radius 3 is 2.77 bits per heavy atom. The van der Waals surface area contributed by atoms with Crippen LogP contribution in [0.4, 0.5) is 0 Å². The standard InChI is InChI=1S/C19H19N5OS/c1-10-5-11(2)17-14(6-10)15(7-12(3)21-17)18(25)22-13(4)16-8-24-19(23-16)26-9-20-24/h5-9,13H,1-4H3,(H,22,25)/t13-/m0/s1. The van der Waals surface area contributed by atoms with E-state index in [9.17, 15) is 4.79 Å². The second-order valence-electron chi connectivity index (χ2n) is 6.62. The third kappa shape index (κ3) is 2.84. The first-order valence-corrected chi connectivity index (χ1v) is 9.28. The van der Waals surface area contributed by atoms with Crippen molar-refractivity contribution in [3.05, 3.63) is 58.0 Å². The molecular weight excluding hydrogens is 346 g/mol. The van der Waals surface area contributed by atoms with Gasteiger partial charge in [0.2, 0.25) is 4.96 Å². The molecule has 1 N–H and O–H groups in total. The van der Waals surface area contributed by atoms with Crippen molar-refractivity contribution in [3.8, 4) is 0 Å². The number of hydrogen-bond donors (Lipinski definition) is 1. The molecule has 4 aromatic rings. The lowest BCUT2D eigenvalue weighted by atomic mass is 10.0. The van der Waals surface area contributed by atoms with E-state index >= 15 is 0 Å². The highest BCUT2D eigenvalue weighted by atomic mass is 32.1. The first-order chi connectivity index (χ1) is 12.4. The average Bonchev–Trinajstić information content (AvgIpc) is 3.16. The van der Waals surface area contributed by atoms with E-state index in [0.29, 0.717) is 5.56 Å². The SMILES string of the molecule is Cc1cc(C)c2nc(C)cc(C(=O)N[C@@H](C)c3cn4ncsc4n3)c2c1. The van der Waals surface area contributed by atoms with Crippen molar-refractivity contribution in [1.29, 1.82) is 0 Å². The van der Waals surface area contributed by atoms with E-state index in [2.05, 4.69) is 26.4 Å². The summed E-state index contributed by atoms with van der Waals surface area (Å²) < 4.78 is 1.72. The van der Waals surface area contributed by atoms with Crippen LogP contribution in [0.1, 0.15) is 45.8 Å². The molecule has 132 valence electrons.